The van der Waals surface area contributed by atoms with Gasteiger partial charge in [-0.25, -0.2) is 0 Å². The number of benzene rings is 1. The number of hydrogen-bond donors (Lipinski definition) is 1. The molecule has 1 N–H and O–H groups in total. The Kier molecular flexibility index (Phi) is 5.46. The van der Waals surface area contributed by atoms with Gasteiger partial charge in [-0.1, -0.05) is 29.7 Å². The number of unbranched alkanes of at least 4 members (excludes halogenated alkanes) is 2. The van der Waals surface area contributed by atoms with Gasteiger partial charge in [-0.15, -0.1) is 0 Å². The lowest BCUT2D eigenvalue weighted by atomic mass is 10.1. The van der Waals surface area contributed by atoms with Crippen molar-refractivity contribution >= 4 is 5.69 Å². The molecule has 2 heterocycles. The Balaban J connectivity index is 1.18. The first-order valence-corrected chi connectivity index (χ1v) is 9.81. The van der Waals surface area contributed by atoms with Gasteiger partial charge in [0.1, 0.15) is 0 Å². The third-order valence-electron chi connectivity index (χ3n) is 4.72. The fourth-order valence-electron chi connectivity index (χ4n) is 2.96. The second-order valence-electron chi connectivity index (χ2n) is 7.01. The van der Waals surface area contributed by atoms with E-state index in [1.807, 2.05) is 25.1 Å². The summed E-state index contributed by atoms with van der Waals surface area (Å²) in [4.78, 5) is 8.85. The molecule has 1 aromatic carbocycles. The summed E-state index contributed by atoms with van der Waals surface area (Å²) in [5, 5.41) is 11.5. The molecule has 0 bridgehead atoms. The van der Waals surface area contributed by atoms with Crippen LogP contribution in [0.15, 0.2) is 33.3 Å². The molecule has 1 aliphatic rings. The SMILES string of the molecule is CCc1noc(-c2cccc(NCCCCCc3nc(C4CC4)no3)c2)n1. The van der Waals surface area contributed by atoms with E-state index in [9.17, 15) is 0 Å². The quantitative estimate of drug-likeness (QED) is 0.532. The summed E-state index contributed by atoms with van der Waals surface area (Å²) < 4.78 is 10.6. The zero-order valence-corrected chi connectivity index (χ0v) is 15.6. The van der Waals surface area contributed by atoms with Gasteiger partial charge in [-0.05, 0) is 43.9 Å². The number of nitrogens with one attached hydrogen (secondary N) is 1. The first kappa shape index (κ1) is 17.7. The topological polar surface area (TPSA) is 89.9 Å². The smallest absolute Gasteiger partial charge is 0.257 e. The molecule has 0 spiro atoms. The molecule has 0 aliphatic heterocycles. The molecule has 1 saturated carbocycles. The Morgan fingerprint density at radius 3 is 2.81 bits per heavy atom. The average molecular weight is 367 g/mol. The van der Waals surface area contributed by atoms with Gasteiger partial charge in [0, 0.05) is 36.6 Å². The number of nitrogens with zero attached hydrogens (tertiary/aromatic N) is 4. The van der Waals surface area contributed by atoms with Crippen molar-refractivity contribution in [2.24, 2.45) is 0 Å². The van der Waals surface area contributed by atoms with E-state index in [0.717, 1.165) is 67.4 Å². The zero-order chi connectivity index (χ0) is 18.5. The van der Waals surface area contributed by atoms with E-state index in [1.165, 1.54) is 12.8 Å². The van der Waals surface area contributed by atoms with Crippen LogP contribution in [0, 0.1) is 0 Å². The third kappa shape index (κ3) is 4.72. The van der Waals surface area contributed by atoms with Crippen molar-refractivity contribution in [3.63, 3.8) is 0 Å². The number of aromatic nitrogens is 4. The number of aryl methyl sites for hydroxylation is 2. The van der Waals surface area contributed by atoms with Crippen LogP contribution in [-0.2, 0) is 12.8 Å². The van der Waals surface area contributed by atoms with Crippen LogP contribution >= 0.6 is 0 Å². The second kappa shape index (κ2) is 8.33. The lowest BCUT2D eigenvalue weighted by molar-refractivity contribution is 0.369. The Bertz CT molecular complexity index is 869. The Labute approximate surface area is 158 Å². The molecular formula is C20H25N5O2. The van der Waals surface area contributed by atoms with Crippen LogP contribution in [0.4, 0.5) is 5.69 Å². The largest absolute Gasteiger partial charge is 0.385 e. The molecule has 4 rings (SSSR count). The van der Waals surface area contributed by atoms with Gasteiger partial charge in [0.2, 0.25) is 5.89 Å². The van der Waals surface area contributed by atoms with Crippen molar-refractivity contribution < 1.29 is 9.05 Å². The van der Waals surface area contributed by atoms with Crippen molar-refractivity contribution in [3.8, 4) is 11.5 Å². The molecular weight excluding hydrogens is 342 g/mol. The number of anilines is 1. The highest BCUT2D eigenvalue weighted by Crippen LogP contribution is 2.38. The van der Waals surface area contributed by atoms with E-state index in [1.54, 1.807) is 0 Å². The zero-order valence-electron chi connectivity index (χ0n) is 15.6. The summed E-state index contributed by atoms with van der Waals surface area (Å²) in [5.41, 5.74) is 2.00. The van der Waals surface area contributed by atoms with E-state index in [4.69, 9.17) is 9.05 Å². The molecule has 27 heavy (non-hydrogen) atoms. The molecule has 2 aromatic heterocycles. The van der Waals surface area contributed by atoms with Crippen LogP contribution in [0.5, 0.6) is 0 Å². The summed E-state index contributed by atoms with van der Waals surface area (Å²) in [7, 11) is 0. The molecule has 7 nitrogen and oxygen atoms in total. The van der Waals surface area contributed by atoms with Crippen molar-refractivity contribution in [2.75, 3.05) is 11.9 Å². The maximum Gasteiger partial charge on any atom is 0.257 e. The van der Waals surface area contributed by atoms with Crippen LogP contribution in [0.3, 0.4) is 0 Å². The van der Waals surface area contributed by atoms with Gasteiger partial charge in [0.25, 0.3) is 5.89 Å². The molecule has 3 aromatic rings. The van der Waals surface area contributed by atoms with Crippen LogP contribution in [-0.4, -0.2) is 26.8 Å². The average Bonchev–Trinajstić information content (AvgIpc) is 3.25. The molecule has 0 amide bonds. The van der Waals surface area contributed by atoms with E-state index >= 15 is 0 Å². The first-order chi connectivity index (χ1) is 13.3. The van der Waals surface area contributed by atoms with Crippen molar-refractivity contribution in [2.45, 2.75) is 57.8 Å². The van der Waals surface area contributed by atoms with Gasteiger partial charge >= 0.3 is 0 Å². The van der Waals surface area contributed by atoms with E-state index < -0.39 is 0 Å². The highest BCUT2D eigenvalue weighted by Gasteiger charge is 2.28. The van der Waals surface area contributed by atoms with Gasteiger partial charge in [-0.2, -0.15) is 9.97 Å². The maximum absolute atomic E-state index is 5.31. The molecule has 0 unspecified atom stereocenters. The summed E-state index contributed by atoms with van der Waals surface area (Å²) in [6, 6.07) is 8.09. The highest BCUT2D eigenvalue weighted by atomic mass is 16.5. The van der Waals surface area contributed by atoms with Crippen molar-refractivity contribution in [3.05, 3.63) is 41.8 Å². The minimum Gasteiger partial charge on any atom is -0.385 e. The second-order valence-corrected chi connectivity index (χ2v) is 7.01. The Hall–Kier alpha value is -2.70. The summed E-state index contributed by atoms with van der Waals surface area (Å²) >= 11 is 0. The monoisotopic (exact) mass is 367 g/mol. The predicted octanol–water partition coefficient (Wildman–Crippen LogP) is 4.38. The third-order valence-corrected chi connectivity index (χ3v) is 4.72. The number of hydrogen-bond acceptors (Lipinski definition) is 7. The van der Waals surface area contributed by atoms with Crippen molar-refractivity contribution in [1.82, 2.24) is 20.3 Å². The van der Waals surface area contributed by atoms with E-state index in [0.29, 0.717) is 11.8 Å². The molecule has 7 heteroatoms. The number of rotatable bonds is 10. The van der Waals surface area contributed by atoms with E-state index in [2.05, 4.69) is 31.7 Å². The first-order valence-electron chi connectivity index (χ1n) is 9.81. The maximum atomic E-state index is 5.31. The standard InChI is InChI=1S/C20H25N5O2/c1-2-17-22-20(27-24-17)15-7-6-8-16(13-15)21-12-5-3-4-9-18-23-19(25-26-18)14-10-11-14/h6-8,13-14,21H,2-5,9-12H2,1H3. The van der Waals surface area contributed by atoms with E-state index in [-0.39, 0.29) is 0 Å². The predicted molar refractivity (Wildman–Crippen MR) is 101 cm³/mol. The Morgan fingerprint density at radius 1 is 1.07 bits per heavy atom. The lowest BCUT2D eigenvalue weighted by Crippen LogP contribution is -2.01. The summed E-state index contributed by atoms with van der Waals surface area (Å²) in [6.07, 6.45) is 7.33. The molecule has 1 aliphatic carbocycles. The minimum absolute atomic E-state index is 0.559. The normalized spacial score (nSPS) is 13.8. The van der Waals surface area contributed by atoms with Crippen LogP contribution in [0.25, 0.3) is 11.5 Å². The van der Waals surface area contributed by atoms with Crippen LogP contribution in [0.2, 0.25) is 0 Å². The fourth-order valence-corrected chi connectivity index (χ4v) is 2.96. The molecule has 0 atom stereocenters. The summed E-state index contributed by atoms with van der Waals surface area (Å²) in [6.45, 7) is 2.93. The molecule has 142 valence electrons. The minimum atomic E-state index is 0.559. The highest BCUT2D eigenvalue weighted by molar-refractivity contribution is 5.61. The van der Waals surface area contributed by atoms with Gasteiger partial charge < -0.3 is 14.4 Å². The lowest BCUT2D eigenvalue weighted by Gasteiger charge is -2.06. The van der Waals surface area contributed by atoms with Gasteiger partial charge in [0.05, 0.1) is 0 Å². The molecule has 0 radical (unpaired) electrons. The van der Waals surface area contributed by atoms with Crippen molar-refractivity contribution in [1.29, 1.82) is 0 Å². The molecule has 1 fully saturated rings. The van der Waals surface area contributed by atoms with Gasteiger partial charge in [-0.3, -0.25) is 0 Å². The Morgan fingerprint density at radius 2 is 2.00 bits per heavy atom. The molecule has 0 saturated heterocycles. The van der Waals surface area contributed by atoms with Crippen LogP contribution < -0.4 is 5.32 Å². The van der Waals surface area contributed by atoms with Gasteiger partial charge in [0.15, 0.2) is 11.6 Å². The van der Waals surface area contributed by atoms with Crippen LogP contribution in [0.1, 0.15) is 62.5 Å². The summed E-state index contributed by atoms with van der Waals surface area (Å²) in [5.74, 6) is 3.54. The fraction of sp³-hybridized carbons (Fsp3) is 0.500.